The van der Waals surface area contributed by atoms with Gasteiger partial charge >= 0.3 is 5.97 Å². The van der Waals surface area contributed by atoms with E-state index in [9.17, 15) is 24.3 Å². The number of carboxylic acids is 1. The Morgan fingerprint density at radius 3 is 2.05 bits per heavy atom. The molecule has 0 aliphatic rings. The number of hydrogen-bond acceptors (Lipinski definition) is 8. The molecule has 37 heavy (non-hydrogen) atoms. The van der Waals surface area contributed by atoms with Crippen LogP contribution in [-0.4, -0.2) is 63.9 Å². The molecule has 2 aromatic carbocycles. The van der Waals surface area contributed by atoms with Crippen LogP contribution < -0.4 is 26.6 Å². The molecule has 196 valence electrons. The molecule has 0 saturated heterocycles. The Morgan fingerprint density at radius 1 is 1.00 bits per heavy atom. The van der Waals surface area contributed by atoms with Gasteiger partial charge in [0, 0.05) is 17.7 Å². The van der Waals surface area contributed by atoms with E-state index in [2.05, 4.69) is 22.5 Å². The topological polar surface area (TPSA) is 200 Å². The maximum atomic E-state index is 11.9. The molecule has 0 bridgehead atoms. The molecule has 0 saturated carbocycles. The van der Waals surface area contributed by atoms with Crippen molar-refractivity contribution in [3.8, 4) is 17.6 Å². The molecule has 3 amide bonds. The first-order chi connectivity index (χ1) is 17.6. The van der Waals surface area contributed by atoms with Crippen LogP contribution in [0.15, 0.2) is 48.5 Å². The van der Waals surface area contributed by atoms with Gasteiger partial charge in [0.05, 0.1) is 12.5 Å². The molecule has 2 rings (SSSR count). The van der Waals surface area contributed by atoms with Crippen LogP contribution >= 0.6 is 0 Å². The van der Waals surface area contributed by atoms with Gasteiger partial charge in [-0.05, 0) is 48.9 Å². The van der Waals surface area contributed by atoms with E-state index in [-0.39, 0.29) is 6.54 Å². The van der Waals surface area contributed by atoms with E-state index >= 15 is 0 Å². The molecule has 12 heteroatoms. The Labute approximate surface area is 212 Å². The number of carbonyl (C=O) groups excluding carboxylic acids is 3. The second-order valence-electron chi connectivity index (χ2n) is 7.96. The van der Waals surface area contributed by atoms with Gasteiger partial charge in [-0.1, -0.05) is 24.0 Å². The zero-order valence-corrected chi connectivity index (χ0v) is 19.9. The van der Waals surface area contributed by atoms with Gasteiger partial charge in [0.1, 0.15) is 17.8 Å². The molecule has 2 aromatic rings. The summed E-state index contributed by atoms with van der Waals surface area (Å²) < 4.78 is 5.33. The van der Waals surface area contributed by atoms with Crippen molar-refractivity contribution in [1.29, 1.82) is 0 Å². The number of primary amides is 1. The van der Waals surface area contributed by atoms with Crippen molar-refractivity contribution >= 4 is 23.7 Å². The van der Waals surface area contributed by atoms with Gasteiger partial charge in [-0.2, -0.15) is 0 Å². The van der Waals surface area contributed by atoms with Gasteiger partial charge in [0.2, 0.25) is 5.91 Å². The second-order valence-corrected chi connectivity index (χ2v) is 7.96. The summed E-state index contributed by atoms with van der Waals surface area (Å²) in [5.74, 6) is 2.69. The van der Waals surface area contributed by atoms with Crippen LogP contribution in [0.4, 0.5) is 0 Å². The Hall–Kier alpha value is -4.44. The first-order valence-corrected chi connectivity index (χ1v) is 11.1. The zero-order valence-electron chi connectivity index (χ0n) is 19.9. The number of hydrogen-bond donors (Lipinski definition) is 7. The number of carboxylic acid groups (broad SMARTS) is 1. The van der Waals surface area contributed by atoms with Crippen LogP contribution in [0.2, 0.25) is 0 Å². The van der Waals surface area contributed by atoms with Crippen LogP contribution in [0.1, 0.15) is 30.0 Å². The maximum absolute atomic E-state index is 11.9. The molecule has 0 heterocycles. The smallest absolute Gasteiger partial charge is 0.326 e. The SMILES string of the molecule is C[C@@H](O)[C@H](NCc1ccc(C#Cc2ccc(OCC(=O)NC(CC(N)=O)C(=O)O)cc2)cc1)C(=O)NO. The summed E-state index contributed by atoms with van der Waals surface area (Å²) in [7, 11) is 0. The van der Waals surface area contributed by atoms with Crippen molar-refractivity contribution in [2.24, 2.45) is 5.73 Å². The number of benzene rings is 2. The molecule has 0 radical (unpaired) electrons. The van der Waals surface area contributed by atoms with Crippen molar-refractivity contribution in [2.75, 3.05) is 6.61 Å². The van der Waals surface area contributed by atoms with E-state index in [0.29, 0.717) is 11.3 Å². The molecule has 8 N–H and O–H groups in total. The van der Waals surface area contributed by atoms with Gasteiger partial charge in [-0.25, -0.2) is 10.3 Å². The second kappa shape index (κ2) is 14.2. The summed E-state index contributed by atoms with van der Waals surface area (Å²) in [5, 5.41) is 32.5. The van der Waals surface area contributed by atoms with Gasteiger partial charge in [-0.3, -0.25) is 24.9 Å². The number of nitrogens with one attached hydrogen (secondary N) is 3. The summed E-state index contributed by atoms with van der Waals surface area (Å²) in [4.78, 5) is 45.4. The minimum Gasteiger partial charge on any atom is -0.484 e. The minimum absolute atomic E-state index is 0.290. The standard InChI is InChI=1S/C25H28N4O8/c1-15(30)23(24(33)29-36)27-13-18-6-4-16(5-7-18)2-3-17-8-10-19(11-9-17)37-14-22(32)28-20(25(34)35)12-21(26)31/h4-11,15,20,23,27,30,36H,12-14H2,1H3,(H2,26,31)(H,28,32)(H,29,33)(H,34,35)/t15-,20?,23+/m1/s1. The van der Waals surface area contributed by atoms with E-state index in [1.807, 2.05) is 12.1 Å². The number of aliphatic hydroxyl groups is 1. The van der Waals surface area contributed by atoms with E-state index in [1.165, 1.54) is 12.4 Å². The molecule has 3 atom stereocenters. The highest BCUT2D eigenvalue weighted by Gasteiger charge is 2.23. The highest BCUT2D eigenvalue weighted by molar-refractivity contribution is 5.88. The molecule has 0 aromatic heterocycles. The summed E-state index contributed by atoms with van der Waals surface area (Å²) in [5.41, 5.74) is 8.76. The van der Waals surface area contributed by atoms with Crippen molar-refractivity contribution in [3.05, 3.63) is 65.2 Å². The van der Waals surface area contributed by atoms with Gasteiger partial charge in [-0.15, -0.1) is 0 Å². The van der Waals surface area contributed by atoms with E-state index in [4.69, 9.17) is 20.8 Å². The summed E-state index contributed by atoms with van der Waals surface area (Å²) in [6, 6.07) is 11.4. The number of nitrogens with two attached hydrogens (primary N) is 1. The van der Waals surface area contributed by atoms with Gasteiger partial charge in [0.15, 0.2) is 6.61 Å². The average Bonchev–Trinajstić information content (AvgIpc) is 2.86. The number of hydroxylamine groups is 1. The summed E-state index contributed by atoms with van der Waals surface area (Å²) >= 11 is 0. The number of ether oxygens (including phenoxy) is 1. The van der Waals surface area contributed by atoms with Crippen molar-refractivity contribution < 1.29 is 39.3 Å². The number of rotatable bonds is 12. The van der Waals surface area contributed by atoms with E-state index in [0.717, 1.165) is 11.1 Å². The fraction of sp³-hybridized carbons (Fsp3) is 0.280. The third kappa shape index (κ3) is 9.98. The van der Waals surface area contributed by atoms with Crippen LogP contribution in [0.3, 0.4) is 0 Å². The van der Waals surface area contributed by atoms with Crippen LogP contribution in [0, 0.1) is 11.8 Å². The van der Waals surface area contributed by atoms with E-state index < -0.39 is 54.9 Å². The Bertz CT molecular complexity index is 1150. The van der Waals surface area contributed by atoms with Crippen molar-refractivity contribution in [2.45, 2.75) is 38.1 Å². The number of amides is 3. The lowest BCUT2D eigenvalue weighted by Crippen LogP contribution is -2.49. The third-order valence-electron chi connectivity index (χ3n) is 4.97. The zero-order chi connectivity index (χ0) is 27.4. The number of aliphatic hydroxyl groups excluding tert-OH is 1. The lowest BCUT2D eigenvalue weighted by molar-refractivity contribution is -0.143. The molecule has 0 fully saturated rings. The summed E-state index contributed by atoms with van der Waals surface area (Å²) in [6.07, 6.45) is -1.52. The van der Waals surface area contributed by atoms with Crippen LogP contribution in [-0.2, 0) is 25.7 Å². The molecule has 0 aliphatic carbocycles. The lowest BCUT2D eigenvalue weighted by Gasteiger charge is -2.19. The molecule has 1 unspecified atom stereocenters. The van der Waals surface area contributed by atoms with Crippen LogP contribution in [0.5, 0.6) is 5.75 Å². The number of aliphatic carboxylic acids is 1. The molecular weight excluding hydrogens is 484 g/mol. The normalized spacial score (nSPS) is 12.7. The van der Waals surface area contributed by atoms with E-state index in [1.54, 1.807) is 36.4 Å². The Kier molecular flexibility index (Phi) is 11.1. The van der Waals surface area contributed by atoms with Gasteiger partial charge in [0.25, 0.3) is 11.8 Å². The predicted molar refractivity (Wildman–Crippen MR) is 130 cm³/mol. The molecule has 0 spiro atoms. The van der Waals surface area contributed by atoms with Crippen molar-refractivity contribution in [3.63, 3.8) is 0 Å². The van der Waals surface area contributed by atoms with Gasteiger partial charge < -0.3 is 26.0 Å². The first kappa shape index (κ1) is 28.8. The third-order valence-corrected chi connectivity index (χ3v) is 4.97. The highest BCUT2D eigenvalue weighted by atomic mass is 16.5. The average molecular weight is 513 g/mol. The predicted octanol–water partition coefficient (Wildman–Crippen LogP) is -0.746. The fourth-order valence-electron chi connectivity index (χ4n) is 3.05. The number of carbonyl (C=O) groups is 4. The maximum Gasteiger partial charge on any atom is 0.326 e. The Morgan fingerprint density at radius 2 is 1.57 bits per heavy atom. The Balaban J connectivity index is 1.88. The molecular formula is C25H28N4O8. The van der Waals surface area contributed by atoms with Crippen molar-refractivity contribution in [1.82, 2.24) is 16.1 Å². The molecule has 0 aliphatic heterocycles. The quantitative estimate of drug-likeness (QED) is 0.109. The monoisotopic (exact) mass is 512 g/mol. The highest BCUT2D eigenvalue weighted by Crippen LogP contribution is 2.12. The summed E-state index contributed by atoms with van der Waals surface area (Å²) in [6.45, 7) is 1.28. The van der Waals surface area contributed by atoms with Crippen LogP contribution in [0.25, 0.3) is 0 Å². The largest absolute Gasteiger partial charge is 0.484 e. The fourth-order valence-corrected chi connectivity index (χ4v) is 3.05. The lowest BCUT2D eigenvalue weighted by atomic mass is 10.1. The first-order valence-electron chi connectivity index (χ1n) is 11.1. The molecule has 12 nitrogen and oxygen atoms in total. The minimum atomic E-state index is -1.43.